The summed E-state index contributed by atoms with van der Waals surface area (Å²) in [5, 5.41) is 10.2. The van der Waals surface area contributed by atoms with E-state index in [1.165, 1.54) is 4.88 Å². The van der Waals surface area contributed by atoms with E-state index in [1.807, 2.05) is 10.8 Å². The molecule has 0 bridgehead atoms. The molecule has 2 aromatic rings. The minimum Gasteiger partial charge on any atom is -0.390 e. The summed E-state index contributed by atoms with van der Waals surface area (Å²) >= 11 is 6.83. The van der Waals surface area contributed by atoms with Crippen molar-refractivity contribution in [3.63, 3.8) is 0 Å². The van der Waals surface area contributed by atoms with Crippen LogP contribution in [0.5, 0.6) is 0 Å². The first kappa shape index (κ1) is 11.5. The Labute approximate surface area is 103 Å². The molecular weight excluding hydrogens is 242 g/mol. The number of H-pyrrole nitrogens is 1. The fourth-order valence-electron chi connectivity index (χ4n) is 1.46. The second-order valence-corrected chi connectivity index (χ2v) is 4.99. The molecule has 0 saturated carbocycles. The normalized spacial score (nSPS) is 10.9. The molecule has 0 spiro atoms. The van der Waals surface area contributed by atoms with Crippen molar-refractivity contribution < 1.29 is 5.11 Å². The summed E-state index contributed by atoms with van der Waals surface area (Å²) < 4.78 is 2.49. The molecule has 0 unspecified atom stereocenters. The Bertz CT molecular complexity index is 526. The average molecular weight is 255 g/mol. The zero-order valence-corrected chi connectivity index (χ0v) is 10.6. The molecule has 0 radical (unpaired) electrons. The second kappa shape index (κ2) is 4.90. The van der Waals surface area contributed by atoms with E-state index in [4.69, 9.17) is 17.3 Å². The lowest BCUT2D eigenvalue weighted by Gasteiger charge is -2.03. The van der Waals surface area contributed by atoms with E-state index < -0.39 is 0 Å². The molecule has 0 aliphatic carbocycles. The predicted molar refractivity (Wildman–Crippen MR) is 66.1 cm³/mol. The Hall–Kier alpha value is -0.980. The predicted octanol–water partition coefficient (Wildman–Crippen LogP) is 2.11. The maximum Gasteiger partial charge on any atom is 0.177 e. The minimum atomic E-state index is -0.0147. The van der Waals surface area contributed by atoms with Crippen LogP contribution in [0.15, 0.2) is 12.4 Å². The van der Waals surface area contributed by atoms with Gasteiger partial charge in [-0.3, -0.25) is 0 Å². The lowest BCUT2D eigenvalue weighted by molar-refractivity contribution is 0.271. The smallest absolute Gasteiger partial charge is 0.177 e. The molecule has 16 heavy (non-hydrogen) atoms. The SMILES string of the molecule is CCc1cnc(Cn2c(CO)c[nH]c2=S)s1. The average Bonchev–Trinajstić information content (AvgIpc) is 2.88. The summed E-state index contributed by atoms with van der Waals surface area (Å²) in [4.78, 5) is 8.52. The molecule has 0 fully saturated rings. The van der Waals surface area contributed by atoms with Crippen LogP contribution in [-0.4, -0.2) is 19.6 Å². The summed E-state index contributed by atoms with van der Waals surface area (Å²) in [6.07, 6.45) is 4.63. The van der Waals surface area contributed by atoms with Crippen LogP contribution >= 0.6 is 23.6 Å². The van der Waals surface area contributed by atoms with E-state index in [-0.39, 0.29) is 6.61 Å². The Morgan fingerprint density at radius 2 is 2.44 bits per heavy atom. The van der Waals surface area contributed by atoms with E-state index in [1.54, 1.807) is 17.5 Å². The van der Waals surface area contributed by atoms with Gasteiger partial charge in [0.25, 0.3) is 0 Å². The monoisotopic (exact) mass is 255 g/mol. The van der Waals surface area contributed by atoms with Gasteiger partial charge in [-0.2, -0.15) is 0 Å². The van der Waals surface area contributed by atoms with Crippen LogP contribution in [-0.2, 0) is 19.6 Å². The molecule has 0 aromatic carbocycles. The number of thiazole rings is 1. The van der Waals surface area contributed by atoms with E-state index in [0.29, 0.717) is 11.3 Å². The fourth-order valence-corrected chi connectivity index (χ4v) is 2.55. The zero-order valence-electron chi connectivity index (χ0n) is 8.93. The van der Waals surface area contributed by atoms with Crippen molar-refractivity contribution in [2.75, 3.05) is 0 Å². The van der Waals surface area contributed by atoms with Crippen LogP contribution in [0.1, 0.15) is 22.5 Å². The van der Waals surface area contributed by atoms with Crippen LogP contribution in [0.2, 0.25) is 0 Å². The Balaban J connectivity index is 2.26. The summed E-state index contributed by atoms with van der Waals surface area (Å²) in [6, 6.07) is 0. The second-order valence-electron chi connectivity index (χ2n) is 3.40. The van der Waals surface area contributed by atoms with Crippen LogP contribution < -0.4 is 0 Å². The highest BCUT2D eigenvalue weighted by molar-refractivity contribution is 7.71. The van der Waals surface area contributed by atoms with Gasteiger partial charge in [0.05, 0.1) is 18.8 Å². The first-order chi connectivity index (χ1) is 7.74. The Morgan fingerprint density at radius 3 is 3.06 bits per heavy atom. The van der Waals surface area contributed by atoms with E-state index >= 15 is 0 Å². The van der Waals surface area contributed by atoms with Gasteiger partial charge in [-0.25, -0.2) is 4.98 Å². The highest BCUT2D eigenvalue weighted by Gasteiger charge is 2.06. The molecular formula is C10H13N3OS2. The first-order valence-electron chi connectivity index (χ1n) is 5.06. The maximum atomic E-state index is 9.16. The number of aryl methyl sites for hydroxylation is 1. The third-order valence-corrected chi connectivity index (χ3v) is 3.82. The Morgan fingerprint density at radius 1 is 1.62 bits per heavy atom. The largest absolute Gasteiger partial charge is 0.390 e. The van der Waals surface area contributed by atoms with Crippen LogP contribution in [0.4, 0.5) is 0 Å². The van der Waals surface area contributed by atoms with Crippen LogP contribution in [0.3, 0.4) is 0 Å². The van der Waals surface area contributed by atoms with Crippen molar-refractivity contribution in [1.82, 2.24) is 14.5 Å². The molecule has 86 valence electrons. The van der Waals surface area contributed by atoms with Crippen molar-refractivity contribution in [2.24, 2.45) is 0 Å². The van der Waals surface area contributed by atoms with Gasteiger partial charge in [-0.15, -0.1) is 11.3 Å². The molecule has 0 saturated heterocycles. The van der Waals surface area contributed by atoms with Crippen molar-refractivity contribution in [3.05, 3.63) is 32.7 Å². The molecule has 0 amide bonds. The van der Waals surface area contributed by atoms with E-state index in [2.05, 4.69) is 16.9 Å². The van der Waals surface area contributed by atoms with E-state index in [9.17, 15) is 0 Å². The fraction of sp³-hybridized carbons (Fsp3) is 0.400. The molecule has 0 aliphatic rings. The summed E-state index contributed by atoms with van der Waals surface area (Å²) in [6.45, 7) is 2.72. The lowest BCUT2D eigenvalue weighted by Crippen LogP contribution is -2.03. The highest BCUT2D eigenvalue weighted by atomic mass is 32.1. The molecule has 2 heterocycles. The van der Waals surface area contributed by atoms with Gasteiger partial charge >= 0.3 is 0 Å². The molecule has 0 atom stereocenters. The number of nitrogens with zero attached hydrogens (tertiary/aromatic N) is 2. The Kier molecular flexibility index (Phi) is 3.52. The van der Waals surface area contributed by atoms with Gasteiger partial charge < -0.3 is 14.7 Å². The minimum absolute atomic E-state index is 0.0147. The number of hydrogen-bond acceptors (Lipinski definition) is 4. The van der Waals surface area contributed by atoms with Gasteiger partial charge in [0.15, 0.2) is 4.77 Å². The molecule has 0 aliphatic heterocycles. The summed E-state index contributed by atoms with van der Waals surface area (Å²) in [5.41, 5.74) is 0.790. The van der Waals surface area contributed by atoms with Crippen molar-refractivity contribution >= 4 is 23.6 Å². The number of hydrogen-bond donors (Lipinski definition) is 2. The van der Waals surface area contributed by atoms with E-state index in [0.717, 1.165) is 17.1 Å². The number of aliphatic hydroxyl groups excluding tert-OH is 1. The standard InChI is InChI=1S/C10H13N3OS2/c1-2-8-4-11-9(16-8)5-13-7(6-14)3-12-10(13)15/h3-4,14H,2,5-6H2,1H3,(H,12,15). The van der Waals surface area contributed by atoms with Gasteiger partial charge in [-0.05, 0) is 18.6 Å². The maximum absolute atomic E-state index is 9.16. The summed E-state index contributed by atoms with van der Waals surface area (Å²) in [7, 11) is 0. The van der Waals surface area contributed by atoms with Gasteiger partial charge in [0.2, 0.25) is 0 Å². The third-order valence-electron chi connectivity index (χ3n) is 2.36. The van der Waals surface area contributed by atoms with Gasteiger partial charge in [0.1, 0.15) is 5.01 Å². The van der Waals surface area contributed by atoms with Crippen LogP contribution in [0, 0.1) is 4.77 Å². The number of aliphatic hydroxyl groups is 1. The molecule has 4 nitrogen and oxygen atoms in total. The molecule has 2 N–H and O–H groups in total. The number of aromatic amines is 1. The molecule has 2 aromatic heterocycles. The summed E-state index contributed by atoms with van der Waals surface area (Å²) in [5.74, 6) is 0. The van der Waals surface area contributed by atoms with Gasteiger partial charge in [-0.1, -0.05) is 6.92 Å². The number of imidazole rings is 1. The van der Waals surface area contributed by atoms with Crippen LogP contribution in [0.25, 0.3) is 0 Å². The quantitative estimate of drug-likeness (QED) is 0.823. The lowest BCUT2D eigenvalue weighted by atomic mass is 10.4. The number of nitrogens with one attached hydrogen (secondary N) is 1. The zero-order chi connectivity index (χ0) is 11.5. The van der Waals surface area contributed by atoms with Gasteiger partial charge in [0, 0.05) is 17.3 Å². The third kappa shape index (κ3) is 2.23. The topological polar surface area (TPSA) is 53.8 Å². The molecule has 2 rings (SSSR count). The number of aromatic nitrogens is 3. The van der Waals surface area contributed by atoms with Crippen molar-refractivity contribution in [3.8, 4) is 0 Å². The first-order valence-corrected chi connectivity index (χ1v) is 6.28. The molecule has 6 heteroatoms. The number of rotatable bonds is 4. The highest BCUT2D eigenvalue weighted by Crippen LogP contribution is 2.15. The van der Waals surface area contributed by atoms with Crippen molar-refractivity contribution in [1.29, 1.82) is 0 Å². The van der Waals surface area contributed by atoms with Crippen molar-refractivity contribution in [2.45, 2.75) is 26.5 Å².